The number of H-pyrrole nitrogens is 1. The van der Waals surface area contributed by atoms with E-state index in [0.717, 1.165) is 42.8 Å². The molecular formula is C21H23N5O. The first-order valence-electron chi connectivity index (χ1n) is 9.23. The summed E-state index contributed by atoms with van der Waals surface area (Å²) in [7, 11) is 0. The Bertz CT molecular complexity index is 947. The van der Waals surface area contributed by atoms with Crippen LogP contribution in [0.3, 0.4) is 0 Å². The number of hydrogen-bond acceptors (Lipinski definition) is 4. The van der Waals surface area contributed by atoms with E-state index >= 15 is 0 Å². The van der Waals surface area contributed by atoms with E-state index in [9.17, 15) is 4.79 Å². The van der Waals surface area contributed by atoms with E-state index in [-0.39, 0.29) is 0 Å². The number of piperidine rings is 1. The zero-order valence-electron chi connectivity index (χ0n) is 15.4. The van der Waals surface area contributed by atoms with Crippen molar-refractivity contribution in [3.05, 3.63) is 65.6 Å². The van der Waals surface area contributed by atoms with Gasteiger partial charge in [-0.1, -0.05) is 29.8 Å². The summed E-state index contributed by atoms with van der Waals surface area (Å²) in [6.45, 7) is 3.72. The standard InChI is InChI=1S/C21H23N5O/c1-14-6-8-15(9-7-14)18-12-24-25-19(18)16-4-3-11-26(13-16)21-17(20(22)27)5-2-10-23-21/h2,5-10,12,16H,3-4,11,13H2,1H3,(H2,22,27)(H,24,25)/t16-/m0/s1. The van der Waals surface area contributed by atoms with Crippen LogP contribution in [-0.4, -0.2) is 34.2 Å². The summed E-state index contributed by atoms with van der Waals surface area (Å²) >= 11 is 0. The maximum Gasteiger partial charge on any atom is 0.252 e. The van der Waals surface area contributed by atoms with Gasteiger partial charge in [0.05, 0.1) is 11.8 Å². The maximum absolute atomic E-state index is 11.8. The average molecular weight is 361 g/mol. The highest BCUT2D eigenvalue weighted by Gasteiger charge is 2.27. The number of nitrogens with two attached hydrogens (primary N) is 1. The van der Waals surface area contributed by atoms with Crippen molar-refractivity contribution >= 4 is 11.7 Å². The van der Waals surface area contributed by atoms with Gasteiger partial charge in [-0.25, -0.2) is 4.98 Å². The Morgan fingerprint density at radius 2 is 2.07 bits per heavy atom. The first kappa shape index (κ1) is 17.3. The van der Waals surface area contributed by atoms with Crippen LogP contribution >= 0.6 is 0 Å². The van der Waals surface area contributed by atoms with Crippen LogP contribution in [-0.2, 0) is 0 Å². The minimum Gasteiger partial charge on any atom is -0.365 e. The van der Waals surface area contributed by atoms with Gasteiger partial charge in [0.1, 0.15) is 5.82 Å². The highest BCUT2D eigenvalue weighted by Crippen LogP contribution is 2.34. The molecular weight excluding hydrogens is 338 g/mol. The van der Waals surface area contributed by atoms with E-state index in [4.69, 9.17) is 5.73 Å². The molecule has 1 aromatic carbocycles. The second-order valence-electron chi connectivity index (χ2n) is 7.09. The van der Waals surface area contributed by atoms with Crippen LogP contribution < -0.4 is 10.6 Å². The fourth-order valence-corrected chi connectivity index (χ4v) is 3.82. The third-order valence-electron chi connectivity index (χ3n) is 5.21. The number of carbonyl (C=O) groups is 1. The van der Waals surface area contributed by atoms with Crippen LogP contribution in [0.5, 0.6) is 0 Å². The highest BCUT2D eigenvalue weighted by atomic mass is 16.1. The molecule has 0 unspecified atom stereocenters. The van der Waals surface area contributed by atoms with Crippen molar-refractivity contribution in [3.63, 3.8) is 0 Å². The molecule has 138 valence electrons. The molecule has 1 saturated heterocycles. The van der Waals surface area contributed by atoms with Gasteiger partial charge in [-0.15, -0.1) is 0 Å². The van der Waals surface area contributed by atoms with Crippen molar-refractivity contribution in [2.75, 3.05) is 18.0 Å². The molecule has 1 aliphatic rings. The van der Waals surface area contributed by atoms with Crippen molar-refractivity contribution in [2.45, 2.75) is 25.7 Å². The predicted molar refractivity (Wildman–Crippen MR) is 106 cm³/mol. The number of rotatable bonds is 4. The topological polar surface area (TPSA) is 87.9 Å². The summed E-state index contributed by atoms with van der Waals surface area (Å²) in [6, 6.07) is 12.0. The Hall–Kier alpha value is -3.15. The SMILES string of the molecule is Cc1ccc(-c2cn[nH]c2[C@H]2CCCN(c3ncccc3C(N)=O)C2)cc1. The molecule has 1 fully saturated rings. The van der Waals surface area contributed by atoms with Gasteiger partial charge in [-0.3, -0.25) is 9.89 Å². The zero-order chi connectivity index (χ0) is 18.8. The first-order valence-corrected chi connectivity index (χ1v) is 9.23. The van der Waals surface area contributed by atoms with E-state index in [1.807, 2.05) is 6.20 Å². The fourth-order valence-electron chi connectivity index (χ4n) is 3.82. The lowest BCUT2D eigenvalue weighted by atomic mass is 9.90. The number of aromatic nitrogens is 3. The van der Waals surface area contributed by atoms with Gasteiger partial charge in [-0.2, -0.15) is 5.10 Å². The Labute approximate surface area is 158 Å². The second kappa shape index (κ2) is 7.23. The normalized spacial score (nSPS) is 17.1. The Kier molecular flexibility index (Phi) is 4.62. The summed E-state index contributed by atoms with van der Waals surface area (Å²) in [5.41, 5.74) is 10.7. The fraction of sp³-hybridized carbons (Fsp3) is 0.286. The Morgan fingerprint density at radius 1 is 1.26 bits per heavy atom. The van der Waals surface area contributed by atoms with Gasteiger partial charge in [0, 0.05) is 36.5 Å². The van der Waals surface area contributed by atoms with Gasteiger partial charge >= 0.3 is 0 Å². The molecule has 0 saturated carbocycles. The van der Waals surface area contributed by atoms with Gasteiger partial charge in [0.15, 0.2) is 0 Å². The molecule has 0 bridgehead atoms. The van der Waals surface area contributed by atoms with Crippen molar-refractivity contribution in [1.29, 1.82) is 0 Å². The number of primary amides is 1. The molecule has 6 heteroatoms. The molecule has 1 aliphatic heterocycles. The summed E-state index contributed by atoms with van der Waals surface area (Å²) in [6.07, 6.45) is 5.69. The molecule has 3 aromatic rings. The molecule has 27 heavy (non-hydrogen) atoms. The van der Waals surface area contributed by atoms with E-state index < -0.39 is 5.91 Å². The van der Waals surface area contributed by atoms with Gasteiger partial charge in [0.2, 0.25) is 0 Å². The molecule has 2 aromatic heterocycles. The third kappa shape index (κ3) is 3.43. The summed E-state index contributed by atoms with van der Waals surface area (Å²) in [5.74, 6) is 0.522. The molecule has 1 amide bonds. The lowest BCUT2D eigenvalue weighted by molar-refractivity contribution is 0.100. The van der Waals surface area contributed by atoms with E-state index in [1.54, 1.807) is 18.3 Å². The first-order chi connectivity index (χ1) is 13.1. The lowest BCUT2D eigenvalue weighted by Gasteiger charge is -2.34. The molecule has 3 heterocycles. The highest BCUT2D eigenvalue weighted by molar-refractivity contribution is 5.97. The molecule has 1 atom stereocenters. The molecule has 6 nitrogen and oxygen atoms in total. The number of aryl methyl sites for hydroxylation is 1. The van der Waals surface area contributed by atoms with E-state index in [0.29, 0.717) is 17.3 Å². The monoisotopic (exact) mass is 361 g/mol. The van der Waals surface area contributed by atoms with Crippen LogP contribution in [0.15, 0.2) is 48.8 Å². The lowest BCUT2D eigenvalue weighted by Crippen LogP contribution is -2.36. The van der Waals surface area contributed by atoms with E-state index in [2.05, 4.69) is 51.3 Å². The third-order valence-corrected chi connectivity index (χ3v) is 5.21. The largest absolute Gasteiger partial charge is 0.365 e. The van der Waals surface area contributed by atoms with Crippen molar-refractivity contribution < 1.29 is 4.79 Å². The van der Waals surface area contributed by atoms with Crippen LogP contribution in [0.25, 0.3) is 11.1 Å². The van der Waals surface area contributed by atoms with Crippen LogP contribution in [0, 0.1) is 6.92 Å². The number of anilines is 1. The molecule has 4 rings (SSSR count). The summed E-state index contributed by atoms with van der Waals surface area (Å²) in [5, 5.41) is 7.52. The van der Waals surface area contributed by atoms with E-state index in [1.165, 1.54) is 5.56 Å². The van der Waals surface area contributed by atoms with Crippen LogP contribution in [0.4, 0.5) is 5.82 Å². The number of amides is 1. The number of nitrogens with zero attached hydrogens (tertiary/aromatic N) is 3. The number of benzene rings is 1. The van der Waals surface area contributed by atoms with Crippen LogP contribution in [0.2, 0.25) is 0 Å². The molecule has 0 spiro atoms. The van der Waals surface area contributed by atoms with Crippen molar-refractivity contribution in [2.24, 2.45) is 5.73 Å². The zero-order valence-corrected chi connectivity index (χ0v) is 15.4. The number of hydrogen-bond donors (Lipinski definition) is 2. The number of nitrogens with one attached hydrogen (secondary N) is 1. The van der Waals surface area contributed by atoms with Gasteiger partial charge < -0.3 is 10.6 Å². The van der Waals surface area contributed by atoms with Crippen molar-refractivity contribution in [3.8, 4) is 11.1 Å². The minimum absolute atomic E-state index is 0.292. The second-order valence-corrected chi connectivity index (χ2v) is 7.09. The quantitative estimate of drug-likeness (QED) is 0.746. The predicted octanol–water partition coefficient (Wildman–Crippen LogP) is 3.26. The minimum atomic E-state index is -0.442. The average Bonchev–Trinajstić information content (AvgIpc) is 3.18. The number of pyridine rings is 1. The maximum atomic E-state index is 11.8. The Balaban J connectivity index is 1.63. The molecule has 3 N–H and O–H groups in total. The molecule has 0 radical (unpaired) electrons. The van der Waals surface area contributed by atoms with Crippen molar-refractivity contribution in [1.82, 2.24) is 15.2 Å². The van der Waals surface area contributed by atoms with Gasteiger partial charge in [-0.05, 0) is 37.5 Å². The number of aromatic amines is 1. The smallest absolute Gasteiger partial charge is 0.252 e. The van der Waals surface area contributed by atoms with Crippen LogP contribution in [0.1, 0.15) is 40.4 Å². The Morgan fingerprint density at radius 3 is 2.85 bits per heavy atom. The van der Waals surface area contributed by atoms with Gasteiger partial charge in [0.25, 0.3) is 5.91 Å². The summed E-state index contributed by atoms with van der Waals surface area (Å²) < 4.78 is 0. The summed E-state index contributed by atoms with van der Waals surface area (Å²) in [4.78, 5) is 18.4. The molecule has 0 aliphatic carbocycles. The number of carbonyl (C=O) groups excluding carboxylic acids is 1.